The van der Waals surface area contributed by atoms with E-state index in [0.717, 1.165) is 12.8 Å². The van der Waals surface area contributed by atoms with Gasteiger partial charge in [0.05, 0.1) is 0 Å². The third kappa shape index (κ3) is 5.04. The number of fused-ring (bicyclic) bond motifs is 1. The number of hydrogen-bond acceptors (Lipinski definition) is 7. The molecule has 0 saturated heterocycles. The van der Waals surface area contributed by atoms with Crippen LogP contribution in [0.2, 0.25) is 5.04 Å². The van der Waals surface area contributed by atoms with Crippen LogP contribution in [0.15, 0.2) is 75.6 Å². The molecule has 35 heavy (non-hydrogen) atoms. The fraction of sp³-hybridized carbons (Fsp3) is 0.385. The Morgan fingerprint density at radius 1 is 1.03 bits per heavy atom. The second-order valence-electron chi connectivity index (χ2n) is 9.78. The fourth-order valence-corrected chi connectivity index (χ4v) is 9.29. The number of amidine groups is 1. The minimum atomic E-state index is -2.56. The smallest absolute Gasteiger partial charge is 0.276 e. The molecule has 9 heteroatoms. The van der Waals surface area contributed by atoms with Gasteiger partial charge in [0.15, 0.2) is 11.5 Å². The molecule has 3 N–H and O–H groups in total. The van der Waals surface area contributed by atoms with E-state index < -0.39 is 20.0 Å². The van der Waals surface area contributed by atoms with E-state index in [1.165, 1.54) is 16.7 Å². The quantitative estimate of drug-likeness (QED) is 0.347. The summed E-state index contributed by atoms with van der Waals surface area (Å²) in [6.07, 6.45) is 2.89. The molecule has 2 aliphatic heterocycles. The van der Waals surface area contributed by atoms with E-state index in [1.807, 2.05) is 12.1 Å². The number of rotatable bonds is 10. The lowest BCUT2D eigenvalue weighted by atomic mass is 10.2. The molecular weight excluding hydrogens is 458 g/mol. The number of aliphatic imine (C=N–C) groups is 3. The maximum Gasteiger partial charge on any atom is 0.276 e. The third-order valence-electron chi connectivity index (χ3n) is 6.36. The van der Waals surface area contributed by atoms with Gasteiger partial charge in [-0.15, -0.1) is 0 Å². The Labute approximate surface area is 207 Å². The van der Waals surface area contributed by atoms with Gasteiger partial charge in [-0.2, -0.15) is 0 Å². The van der Waals surface area contributed by atoms with Crippen molar-refractivity contribution in [3.63, 3.8) is 0 Å². The van der Waals surface area contributed by atoms with Gasteiger partial charge in [-0.3, -0.25) is 10.1 Å². The Bertz CT molecular complexity index is 1090. The van der Waals surface area contributed by atoms with Crippen LogP contribution in [0.1, 0.15) is 33.6 Å². The van der Waals surface area contributed by atoms with Gasteiger partial charge >= 0.3 is 0 Å². The highest BCUT2D eigenvalue weighted by Crippen LogP contribution is 2.36. The van der Waals surface area contributed by atoms with Gasteiger partial charge in [0.2, 0.25) is 5.79 Å². The normalized spacial score (nSPS) is 19.7. The number of amides is 1. The molecule has 0 aliphatic carbocycles. The monoisotopic (exact) mass is 491 g/mol. The van der Waals surface area contributed by atoms with Crippen LogP contribution in [-0.4, -0.2) is 62.8 Å². The molecule has 0 spiro atoms. The van der Waals surface area contributed by atoms with Crippen LogP contribution < -0.4 is 21.0 Å². The molecule has 184 valence electrons. The number of benzene rings is 2. The highest BCUT2D eigenvalue weighted by molar-refractivity contribution is 6.99. The molecule has 1 amide bonds. The van der Waals surface area contributed by atoms with Crippen molar-refractivity contribution in [2.24, 2.45) is 15.0 Å². The molecule has 1 atom stereocenters. The lowest BCUT2D eigenvalue weighted by molar-refractivity contribution is -0.117. The number of aliphatic hydroxyl groups excluding tert-OH is 1. The van der Waals surface area contributed by atoms with Crippen LogP contribution in [0.3, 0.4) is 0 Å². The minimum Gasteiger partial charge on any atom is -0.407 e. The molecule has 0 radical (unpaired) electrons. The summed E-state index contributed by atoms with van der Waals surface area (Å²) < 4.78 is 6.91. The predicted molar refractivity (Wildman–Crippen MR) is 142 cm³/mol. The molecule has 0 fully saturated rings. The van der Waals surface area contributed by atoms with Crippen LogP contribution >= 0.6 is 0 Å². The largest absolute Gasteiger partial charge is 0.407 e. The Balaban J connectivity index is 1.43. The second-order valence-corrected chi connectivity index (χ2v) is 14.1. The van der Waals surface area contributed by atoms with Crippen molar-refractivity contribution >= 4 is 42.5 Å². The number of hydrogen-bond donors (Lipinski definition) is 3. The van der Waals surface area contributed by atoms with E-state index in [0.29, 0.717) is 13.2 Å². The maximum absolute atomic E-state index is 12.3. The first-order valence-electron chi connectivity index (χ1n) is 12.0. The summed E-state index contributed by atoms with van der Waals surface area (Å²) in [5.74, 6) is -1.44. The summed E-state index contributed by atoms with van der Waals surface area (Å²) in [7, 11) is -2.56. The van der Waals surface area contributed by atoms with Gasteiger partial charge in [0.1, 0.15) is 12.9 Å². The van der Waals surface area contributed by atoms with E-state index in [1.54, 1.807) is 0 Å². The van der Waals surface area contributed by atoms with Crippen molar-refractivity contribution in [3.8, 4) is 0 Å². The summed E-state index contributed by atoms with van der Waals surface area (Å²) in [5.41, 5.74) is 0.176. The molecule has 2 aromatic rings. The summed E-state index contributed by atoms with van der Waals surface area (Å²) in [5, 5.41) is 18.3. The van der Waals surface area contributed by atoms with Crippen LogP contribution in [0.25, 0.3) is 0 Å². The number of nitrogens with zero attached hydrogens (tertiary/aromatic N) is 3. The lowest BCUT2D eigenvalue weighted by Crippen LogP contribution is -2.66. The molecular formula is C26H33N5O3Si. The first kappa shape index (κ1) is 25.1. The lowest BCUT2D eigenvalue weighted by Gasteiger charge is -2.43. The Morgan fingerprint density at radius 2 is 1.66 bits per heavy atom. The fourth-order valence-electron chi connectivity index (χ4n) is 4.68. The summed E-state index contributed by atoms with van der Waals surface area (Å²) >= 11 is 0. The summed E-state index contributed by atoms with van der Waals surface area (Å²) in [4.78, 5) is 24.6. The Kier molecular flexibility index (Phi) is 7.41. The van der Waals surface area contributed by atoms with Gasteiger partial charge in [0, 0.05) is 6.61 Å². The zero-order valence-electron chi connectivity index (χ0n) is 20.5. The maximum atomic E-state index is 12.3. The van der Waals surface area contributed by atoms with Crippen molar-refractivity contribution in [1.29, 1.82) is 0 Å². The van der Waals surface area contributed by atoms with E-state index in [4.69, 9.17) is 4.43 Å². The highest BCUT2D eigenvalue weighted by Gasteiger charge is 2.50. The SMILES string of the molecule is CC(C)(C)[Si](OCCCCNC1(CO)N=C2N=CN=C2C(=O)N1)(c1ccccc1)c1ccccc1. The molecule has 2 heterocycles. The number of unbranched alkanes of at least 4 members (excludes halogenated alkanes) is 1. The van der Waals surface area contributed by atoms with E-state index in [9.17, 15) is 9.90 Å². The van der Waals surface area contributed by atoms with Gasteiger partial charge in [0.25, 0.3) is 14.2 Å². The first-order chi connectivity index (χ1) is 16.8. The van der Waals surface area contributed by atoms with Crippen LogP contribution in [0.5, 0.6) is 0 Å². The van der Waals surface area contributed by atoms with Crippen molar-refractivity contribution < 1.29 is 14.3 Å². The molecule has 0 bridgehead atoms. The number of carbonyl (C=O) groups is 1. The van der Waals surface area contributed by atoms with Gasteiger partial charge in [-0.1, -0.05) is 81.4 Å². The molecule has 2 aliphatic rings. The third-order valence-corrected chi connectivity index (χ3v) is 11.4. The van der Waals surface area contributed by atoms with Crippen molar-refractivity contribution in [2.45, 2.75) is 44.4 Å². The molecule has 0 saturated carbocycles. The van der Waals surface area contributed by atoms with E-state index in [-0.39, 0.29) is 23.2 Å². The van der Waals surface area contributed by atoms with Crippen molar-refractivity contribution in [3.05, 3.63) is 60.7 Å². The molecule has 2 aromatic carbocycles. The van der Waals surface area contributed by atoms with Crippen LogP contribution in [0.4, 0.5) is 0 Å². The minimum absolute atomic E-state index is 0.0710. The average molecular weight is 492 g/mol. The zero-order valence-corrected chi connectivity index (χ0v) is 21.5. The van der Waals surface area contributed by atoms with Crippen molar-refractivity contribution in [1.82, 2.24) is 10.6 Å². The Hall–Kier alpha value is -2.98. The number of aliphatic hydroxyl groups is 1. The first-order valence-corrected chi connectivity index (χ1v) is 13.9. The molecule has 4 rings (SSSR count). The zero-order chi connectivity index (χ0) is 24.9. The molecule has 8 nitrogen and oxygen atoms in total. The van der Waals surface area contributed by atoms with E-state index in [2.05, 4.69) is 94.9 Å². The standard InChI is InChI=1S/C26H33N5O3Si/c1-25(2,3)35(20-12-6-4-7-13-20,21-14-8-5-9-15-21)34-17-11-10-16-29-26(18-32)30-23-22(24(33)31-26)27-19-28-23/h4-9,12-15,19,29,32H,10-11,16-18H2,1-3H3,(H,31,33). The Morgan fingerprint density at radius 3 is 2.23 bits per heavy atom. The topological polar surface area (TPSA) is 108 Å². The second kappa shape index (κ2) is 10.3. The molecule has 0 aromatic heterocycles. The highest BCUT2D eigenvalue weighted by atomic mass is 28.4. The van der Waals surface area contributed by atoms with E-state index >= 15 is 0 Å². The van der Waals surface area contributed by atoms with Crippen LogP contribution in [-0.2, 0) is 9.22 Å². The van der Waals surface area contributed by atoms with Crippen LogP contribution in [0, 0.1) is 0 Å². The number of nitrogens with one attached hydrogen (secondary N) is 2. The molecule has 1 unspecified atom stereocenters. The number of carbonyl (C=O) groups excluding carboxylic acids is 1. The predicted octanol–water partition coefficient (Wildman–Crippen LogP) is 1.59. The van der Waals surface area contributed by atoms with Gasteiger partial charge in [-0.05, 0) is 34.8 Å². The van der Waals surface area contributed by atoms with Gasteiger partial charge in [-0.25, -0.2) is 15.0 Å². The van der Waals surface area contributed by atoms with Crippen molar-refractivity contribution in [2.75, 3.05) is 19.8 Å². The summed E-state index contributed by atoms with van der Waals surface area (Å²) in [6.45, 7) is 7.55. The average Bonchev–Trinajstić information content (AvgIpc) is 3.33. The summed E-state index contributed by atoms with van der Waals surface area (Å²) in [6, 6.07) is 21.1. The van der Waals surface area contributed by atoms with Gasteiger partial charge < -0.3 is 14.8 Å².